The van der Waals surface area contributed by atoms with Crippen LogP contribution in [0.5, 0.6) is 0 Å². The molecule has 2 N–H and O–H groups in total. The number of nitrogens with one attached hydrogen (secondary N) is 1. The van der Waals surface area contributed by atoms with Gasteiger partial charge in [-0.3, -0.25) is 4.79 Å². The highest BCUT2D eigenvalue weighted by atomic mass is 35.5. The Morgan fingerprint density at radius 3 is 2.64 bits per heavy atom. The zero-order valence-corrected chi connectivity index (χ0v) is 13.9. The van der Waals surface area contributed by atoms with Crippen LogP contribution in [0.15, 0.2) is 24.3 Å². The normalized spacial score (nSPS) is 16.9. The number of hydrogen-bond acceptors (Lipinski definition) is 3. The third kappa shape index (κ3) is 5.27. The summed E-state index contributed by atoms with van der Waals surface area (Å²) in [7, 11) is 2.12. The summed E-state index contributed by atoms with van der Waals surface area (Å²) in [4.78, 5) is 14.2. The number of aliphatic hydroxyl groups excluding tert-OH is 1. The molecule has 0 bridgehead atoms. The van der Waals surface area contributed by atoms with Crippen molar-refractivity contribution in [3.05, 3.63) is 34.9 Å². The van der Waals surface area contributed by atoms with E-state index in [1.807, 2.05) is 0 Å². The number of amides is 1. The van der Waals surface area contributed by atoms with Gasteiger partial charge in [-0.2, -0.15) is 0 Å². The van der Waals surface area contributed by atoms with Crippen LogP contribution in [0.2, 0.25) is 5.02 Å². The molecule has 0 aliphatic heterocycles. The minimum Gasteiger partial charge on any atom is -0.388 e. The molecule has 1 aromatic rings. The first-order valence-electron chi connectivity index (χ1n) is 7.96. The van der Waals surface area contributed by atoms with Crippen molar-refractivity contribution in [1.82, 2.24) is 10.2 Å². The van der Waals surface area contributed by atoms with Gasteiger partial charge in [0.1, 0.15) is 0 Å². The lowest BCUT2D eigenvalue weighted by Crippen LogP contribution is -2.37. The Hall–Kier alpha value is -1.10. The number of carbonyl (C=O) groups excluding carboxylic acids is 1. The summed E-state index contributed by atoms with van der Waals surface area (Å²) < 4.78 is 0. The van der Waals surface area contributed by atoms with Gasteiger partial charge in [0.25, 0.3) is 0 Å². The second kappa shape index (κ2) is 8.51. The van der Waals surface area contributed by atoms with Crippen molar-refractivity contribution in [2.75, 3.05) is 20.1 Å². The van der Waals surface area contributed by atoms with E-state index in [2.05, 4.69) is 17.3 Å². The lowest BCUT2D eigenvalue weighted by Gasteiger charge is -2.24. The minimum absolute atomic E-state index is 0.0782. The van der Waals surface area contributed by atoms with E-state index < -0.39 is 6.10 Å². The lowest BCUT2D eigenvalue weighted by molar-refractivity contribution is -0.123. The molecule has 1 amide bonds. The van der Waals surface area contributed by atoms with E-state index in [4.69, 9.17) is 11.6 Å². The van der Waals surface area contributed by atoms with E-state index >= 15 is 0 Å². The van der Waals surface area contributed by atoms with E-state index in [1.54, 1.807) is 24.3 Å². The molecule has 1 atom stereocenters. The Labute approximate surface area is 137 Å². The molecule has 1 unspecified atom stereocenters. The van der Waals surface area contributed by atoms with E-state index in [-0.39, 0.29) is 12.3 Å². The predicted molar refractivity (Wildman–Crippen MR) is 88.9 cm³/mol. The SMILES string of the molecule is CN(CCNC(=O)CC(O)c1ccc(Cl)cc1)C1CCCC1. The maximum absolute atomic E-state index is 11.9. The van der Waals surface area contributed by atoms with Gasteiger partial charge >= 0.3 is 0 Å². The summed E-state index contributed by atoms with van der Waals surface area (Å²) >= 11 is 5.81. The average Bonchev–Trinajstić information content (AvgIpc) is 3.02. The first-order chi connectivity index (χ1) is 10.6. The standard InChI is InChI=1S/C17H25ClN2O2/c1-20(15-4-2-3-5-15)11-10-19-17(22)12-16(21)13-6-8-14(18)9-7-13/h6-9,15-16,21H,2-5,10-12H2,1H3,(H,19,22). The van der Waals surface area contributed by atoms with Crippen LogP contribution < -0.4 is 5.32 Å². The third-order valence-electron chi connectivity index (χ3n) is 4.37. The quantitative estimate of drug-likeness (QED) is 0.811. The van der Waals surface area contributed by atoms with E-state index in [9.17, 15) is 9.90 Å². The Bertz CT molecular complexity index is 472. The summed E-state index contributed by atoms with van der Waals surface area (Å²) in [5.41, 5.74) is 0.711. The maximum Gasteiger partial charge on any atom is 0.223 e. The van der Waals surface area contributed by atoms with E-state index in [0.717, 1.165) is 6.54 Å². The Kier molecular flexibility index (Phi) is 6.68. The van der Waals surface area contributed by atoms with Gasteiger partial charge in [-0.05, 0) is 37.6 Å². The Morgan fingerprint density at radius 2 is 2.00 bits per heavy atom. The lowest BCUT2D eigenvalue weighted by atomic mass is 10.1. The molecule has 1 fully saturated rings. The molecule has 0 radical (unpaired) electrons. The van der Waals surface area contributed by atoms with E-state index in [0.29, 0.717) is 23.2 Å². The number of nitrogens with zero attached hydrogens (tertiary/aromatic N) is 1. The van der Waals surface area contributed by atoms with Crippen LogP contribution in [-0.2, 0) is 4.79 Å². The van der Waals surface area contributed by atoms with Gasteiger partial charge < -0.3 is 15.3 Å². The zero-order chi connectivity index (χ0) is 15.9. The molecule has 4 nitrogen and oxygen atoms in total. The Morgan fingerprint density at radius 1 is 1.36 bits per heavy atom. The average molecular weight is 325 g/mol. The molecule has 2 rings (SSSR count). The number of carbonyl (C=O) groups is 1. The molecule has 1 saturated carbocycles. The molecule has 0 aromatic heterocycles. The first-order valence-corrected chi connectivity index (χ1v) is 8.34. The van der Waals surface area contributed by atoms with Crippen molar-refractivity contribution in [3.63, 3.8) is 0 Å². The summed E-state index contributed by atoms with van der Waals surface area (Å²) in [6.45, 7) is 1.48. The number of rotatable bonds is 7. The van der Waals surface area contributed by atoms with Crippen molar-refractivity contribution in [1.29, 1.82) is 0 Å². The van der Waals surface area contributed by atoms with Gasteiger partial charge in [-0.1, -0.05) is 36.6 Å². The number of aliphatic hydroxyl groups is 1. The highest BCUT2D eigenvalue weighted by Gasteiger charge is 2.19. The summed E-state index contributed by atoms with van der Waals surface area (Å²) in [6.07, 6.45) is 4.45. The summed E-state index contributed by atoms with van der Waals surface area (Å²) in [6, 6.07) is 7.59. The molecule has 0 spiro atoms. The van der Waals surface area contributed by atoms with Crippen molar-refractivity contribution in [2.24, 2.45) is 0 Å². The van der Waals surface area contributed by atoms with Crippen molar-refractivity contribution < 1.29 is 9.90 Å². The van der Waals surface area contributed by atoms with Gasteiger partial charge in [-0.25, -0.2) is 0 Å². The number of likely N-dealkylation sites (N-methyl/N-ethyl adjacent to an activating group) is 1. The summed E-state index contributed by atoms with van der Waals surface area (Å²) in [5, 5.41) is 13.6. The maximum atomic E-state index is 11.9. The third-order valence-corrected chi connectivity index (χ3v) is 4.62. The molecule has 1 aromatic carbocycles. The highest BCUT2D eigenvalue weighted by molar-refractivity contribution is 6.30. The predicted octanol–water partition coefficient (Wildman–Crippen LogP) is 2.75. The van der Waals surface area contributed by atoms with Crippen LogP contribution in [-0.4, -0.2) is 42.1 Å². The van der Waals surface area contributed by atoms with Crippen LogP contribution in [0.25, 0.3) is 0 Å². The fourth-order valence-electron chi connectivity index (χ4n) is 2.95. The van der Waals surface area contributed by atoms with Crippen molar-refractivity contribution in [2.45, 2.75) is 44.2 Å². The first kappa shape index (κ1) is 17.3. The fourth-order valence-corrected chi connectivity index (χ4v) is 3.08. The molecule has 122 valence electrons. The van der Waals surface area contributed by atoms with Gasteiger partial charge in [-0.15, -0.1) is 0 Å². The fraction of sp³-hybridized carbons (Fsp3) is 0.588. The van der Waals surface area contributed by atoms with Crippen LogP contribution in [0, 0.1) is 0 Å². The van der Waals surface area contributed by atoms with Crippen LogP contribution in [0.1, 0.15) is 43.8 Å². The number of hydrogen-bond donors (Lipinski definition) is 2. The molecule has 1 aliphatic rings. The van der Waals surface area contributed by atoms with Crippen molar-refractivity contribution in [3.8, 4) is 0 Å². The number of halogens is 1. The van der Waals surface area contributed by atoms with Crippen LogP contribution in [0.3, 0.4) is 0 Å². The summed E-state index contributed by atoms with van der Waals surface area (Å²) in [5.74, 6) is -0.123. The molecule has 0 heterocycles. The van der Waals surface area contributed by atoms with Gasteiger partial charge in [0, 0.05) is 24.2 Å². The van der Waals surface area contributed by atoms with Gasteiger partial charge in [0.2, 0.25) is 5.91 Å². The van der Waals surface area contributed by atoms with Crippen LogP contribution >= 0.6 is 11.6 Å². The molecular weight excluding hydrogens is 300 g/mol. The topological polar surface area (TPSA) is 52.6 Å². The second-order valence-corrected chi connectivity index (χ2v) is 6.48. The molecular formula is C17H25ClN2O2. The highest BCUT2D eigenvalue weighted by Crippen LogP contribution is 2.22. The van der Waals surface area contributed by atoms with E-state index in [1.165, 1.54) is 25.7 Å². The number of benzene rings is 1. The molecule has 5 heteroatoms. The minimum atomic E-state index is -0.787. The van der Waals surface area contributed by atoms with Crippen LogP contribution in [0.4, 0.5) is 0 Å². The monoisotopic (exact) mass is 324 g/mol. The molecule has 0 saturated heterocycles. The molecule has 1 aliphatic carbocycles. The second-order valence-electron chi connectivity index (χ2n) is 6.04. The van der Waals surface area contributed by atoms with Gasteiger partial charge in [0.15, 0.2) is 0 Å². The smallest absolute Gasteiger partial charge is 0.223 e. The Balaban J connectivity index is 1.67. The molecule has 22 heavy (non-hydrogen) atoms. The van der Waals surface area contributed by atoms with Crippen molar-refractivity contribution >= 4 is 17.5 Å². The van der Waals surface area contributed by atoms with Gasteiger partial charge in [0.05, 0.1) is 12.5 Å². The largest absolute Gasteiger partial charge is 0.388 e. The zero-order valence-electron chi connectivity index (χ0n) is 13.1.